The summed E-state index contributed by atoms with van der Waals surface area (Å²) >= 11 is 6.00. The Bertz CT molecular complexity index is 366. The van der Waals surface area contributed by atoms with Crippen LogP contribution in [0.4, 0.5) is 11.8 Å². The molecular formula is C9H13ClN4. The van der Waals surface area contributed by atoms with Crippen molar-refractivity contribution in [1.29, 1.82) is 0 Å². The van der Waals surface area contributed by atoms with E-state index in [9.17, 15) is 0 Å². The van der Waals surface area contributed by atoms with E-state index in [-0.39, 0.29) is 5.95 Å². The predicted octanol–water partition coefficient (Wildman–Crippen LogP) is 1.48. The molecule has 0 bridgehead atoms. The number of nitrogens with two attached hydrogens (primary N) is 1. The maximum atomic E-state index is 6.00. The van der Waals surface area contributed by atoms with E-state index in [0.717, 1.165) is 24.2 Å². The Morgan fingerprint density at radius 2 is 2.21 bits per heavy atom. The lowest BCUT2D eigenvalue weighted by molar-refractivity contribution is 0.588. The molecule has 2 heterocycles. The second-order valence-corrected chi connectivity index (χ2v) is 4.03. The Hall–Kier alpha value is -1.03. The summed E-state index contributed by atoms with van der Waals surface area (Å²) in [6.07, 6.45) is 2.01. The van der Waals surface area contributed by atoms with Gasteiger partial charge in [0.15, 0.2) is 0 Å². The van der Waals surface area contributed by atoms with Crippen LogP contribution < -0.4 is 10.6 Å². The van der Waals surface area contributed by atoms with Crippen LogP contribution in [0.2, 0.25) is 5.15 Å². The number of anilines is 2. The molecule has 1 aliphatic heterocycles. The predicted molar refractivity (Wildman–Crippen MR) is 57.6 cm³/mol. The third-order valence-electron chi connectivity index (χ3n) is 2.76. The largest absolute Gasteiger partial charge is 0.368 e. The zero-order valence-electron chi connectivity index (χ0n) is 8.29. The molecular weight excluding hydrogens is 200 g/mol. The second-order valence-electron chi connectivity index (χ2n) is 3.67. The van der Waals surface area contributed by atoms with Gasteiger partial charge in [-0.3, -0.25) is 0 Å². The summed E-state index contributed by atoms with van der Waals surface area (Å²) in [6.45, 7) is 2.16. The standard InChI is InChI=1S/C9H13ClN4/c1-5-3-4-6-7(10)12-9(11)13-8(6)14(5)2/h5H,3-4H2,1-2H3,(H2,11,12,13). The van der Waals surface area contributed by atoms with Gasteiger partial charge >= 0.3 is 0 Å². The van der Waals surface area contributed by atoms with Crippen molar-refractivity contribution in [2.45, 2.75) is 25.8 Å². The molecule has 0 fully saturated rings. The first kappa shape index (κ1) is 9.52. The number of rotatable bonds is 0. The minimum Gasteiger partial charge on any atom is -0.368 e. The lowest BCUT2D eigenvalue weighted by atomic mass is 10.0. The van der Waals surface area contributed by atoms with Crippen LogP contribution >= 0.6 is 11.6 Å². The fraction of sp³-hybridized carbons (Fsp3) is 0.556. The molecule has 0 aromatic carbocycles. The summed E-state index contributed by atoms with van der Waals surface area (Å²) in [7, 11) is 2.01. The van der Waals surface area contributed by atoms with Crippen molar-refractivity contribution in [1.82, 2.24) is 9.97 Å². The first-order valence-corrected chi connectivity index (χ1v) is 5.02. The lowest BCUT2D eigenvalue weighted by Gasteiger charge is -2.32. The van der Waals surface area contributed by atoms with Crippen molar-refractivity contribution in [2.75, 3.05) is 17.7 Å². The third-order valence-corrected chi connectivity index (χ3v) is 3.07. The zero-order valence-corrected chi connectivity index (χ0v) is 9.04. The molecule has 1 unspecified atom stereocenters. The normalized spacial score (nSPS) is 20.8. The van der Waals surface area contributed by atoms with Crippen LogP contribution in [0.3, 0.4) is 0 Å². The summed E-state index contributed by atoms with van der Waals surface area (Å²) in [6, 6.07) is 0.480. The van der Waals surface area contributed by atoms with Crippen molar-refractivity contribution in [3.8, 4) is 0 Å². The number of halogens is 1. The summed E-state index contributed by atoms with van der Waals surface area (Å²) in [5.74, 6) is 1.12. The number of nitrogen functional groups attached to an aromatic ring is 1. The Labute approximate surface area is 88.1 Å². The summed E-state index contributed by atoms with van der Waals surface area (Å²) in [5.41, 5.74) is 6.57. The smallest absolute Gasteiger partial charge is 0.223 e. The van der Waals surface area contributed by atoms with Crippen molar-refractivity contribution >= 4 is 23.4 Å². The van der Waals surface area contributed by atoms with Crippen LogP contribution in [0.5, 0.6) is 0 Å². The van der Waals surface area contributed by atoms with E-state index in [0.29, 0.717) is 11.2 Å². The van der Waals surface area contributed by atoms with Gasteiger partial charge in [-0.05, 0) is 19.8 Å². The van der Waals surface area contributed by atoms with Gasteiger partial charge in [0, 0.05) is 18.7 Å². The molecule has 4 nitrogen and oxygen atoms in total. The van der Waals surface area contributed by atoms with Gasteiger partial charge in [0.1, 0.15) is 11.0 Å². The average molecular weight is 213 g/mol. The quantitative estimate of drug-likeness (QED) is 0.662. The van der Waals surface area contributed by atoms with Gasteiger partial charge in [0.25, 0.3) is 0 Å². The highest BCUT2D eigenvalue weighted by atomic mass is 35.5. The lowest BCUT2D eigenvalue weighted by Crippen LogP contribution is -2.35. The molecule has 1 aliphatic rings. The van der Waals surface area contributed by atoms with Gasteiger partial charge < -0.3 is 10.6 Å². The monoisotopic (exact) mass is 212 g/mol. The van der Waals surface area contributed by atoms with Crippen molar-refractivity contribution < 1.29 is 0 Å². The van der Waals surface area contributed by atoms with Crippen LogP contribution in [0.1, 0.15) is 18.9 Å². The zero-order chi connectivity index (χ0) is 10.3. The molecule has 0 saturated heterocycles. The number of hydrogen-bond acceptors (Lipinski definition) is 4. The van der Waals surface area contributed by atoms with Crippen LogP contribution in [-0.4, -0.2) is 23.1 Å². The van der Waals surface area contributed by atoms with E-state index >= 15 is 0 Å². The van der Waals surface area contributed by atoms with E-state index < -0.39 is 0 Å². The number of nitrogens with zero attached hydrogens (tertiary/aromatic N) is 3. The van der Waals surface area contributed by atoms with Gasteiger partial charge in [-0.25, -0.2) is 4.98 Å². The highest BCUT2D eigenvalue weighted by Gasteiger charge is 2.24. The number of fused-ring (bicyclic) bond motifs is 1. The maximum Gasteiger partial charge on any atom is 0.223 e. The van der Waals surface area contributed by atoms with E-state index in [4.69, 9.17) is 17.3 Å². The molecule has 2 rings (SSSR count). The molecule has 0 radical (unpaired) electrons. The molecule has 1 aromatic heterocycles. The van der Waals surface area contributed by atoms with Crippen LogP contribution in [-0.2, 0) is 6.42 Å². The first-order chi connectivity index (χ1) is 6.59. The second kappa shape index (κ2) is 3.28. The van der Waals surface area contributed by atoms with Crippen LogP contribution in [0.25, 0.3) is 0 Å². The van der Waals surface area contributed by atoms with E-state index in [1.54, 1.807) is 0 Å². The van der Waals surface area contributed by atoms with Crippen molar-refractivity contribution in [3.63, 3.8) is 0 Å². The van der Waals surface area contributed by atoms with Gasteiger partial charge in [-0.15, -0.1) is 0 Å². The molecule has 1 aromatic rings. The molecule has 0 spiro atoms. The minimum atomic E-state index is 0.245. The highest BCUT2D eigenvalue weighted by Crippen LogP contribution is 2.31. The molecule has 76 valence electrons. The Morgan fingerprint density at radius 1 is 1.50 bits per heavy atom. The van der Waals surface area contributed by atoms with Gasteiger partial charge in [0.2, 0.25) is 5.95 Å². The third kappa shape index (κ3) is 1.39. The fourth-order valence-corrected chi connectivity index (χ4v) is 1.99. The molecule has 2 N–H and O–H groups in total. The van der Waals surface area contributed by atoms with E-state index in [1.165, 1.54) is 0 Å². The fourth-order valence-electron chi connectivity index (χ4n) is 1.72. The van der Waals surface area contributed by atoms with Crippen molar-refractivity contribution in [3.05, 3.63) is 10.7 Å². The maximum absolute atomic E-state index is 6.00. The number of hydrogen-bond donors (Lipinski definition) is 1. The minimum absolute atomic E-state index is 0.245. The van der Waals surface area contributed by atoms with Crippen molar-refractivity contribution in [2.24, 2.45) is 0 Å². The number of aromatic nitrogens is 2. The first-order valence-electron chi connectivity index (χ1n) is 4.64. The summed E-state index contributed by atoms with van der Waals surface area (Å²) in [4.78, 5) is 10.3. The van der Waals surface area contributed by atoms with Crippen LogP contribution in [0.15, 0.2) is 0 Å². The highest BCUT2D eigenvalue weighted by molar-refractivity contribution is 6.30. The molecule has 0 aliphatic carbocycles. The molecule has 5 heteroatoms. The Balaban J connectivity index is 2.54. The Kier molecular flexibility index (Phi) is 2.23. The average Bonchev–Trinajstić information content (AvgIpc) is 2.12. The van der Waals surface area contributed by atoms with Crippen LogP contribution in [0, 0.1) is 0 Å². The SMILES string of the molecule is CC1CCc2c(Cl)nc(N)nc2N1C. The van der Waals surface area contributed by atoms with E-state index in [1.807, 2.05) is 7.05 Å². The molecule has 1 atom stereocenters. The van der Waals surface area contributed by atoms with Gasteiger partial charge in [-0.1, -0.05) is 11.6 Å². The van der Waals surface area contributed by atoms with Gasteiger partial charge in [-0.2, -0.15) is 4.98 Å². The van der Waals surface area contributed by atoms with E-state index in [2.05, 4.69) is 21.8 Å². The molecule has 0 amide bonds. The summed E-state index contributed by atoms with van der Waals surface area (Å²) in [5, 5.41) is 0.492. The summed E-state index contributed by atoms with van der Waals surface area (Å²) < 4.78 is 0. The van der Waals surface area contributed by atoms with Gasteiger partial charge in [0.05, 0.1) is 0 Å². The molecule has 0 saturated carbocycles. The topological polar surface area (TPSA) is 55.0 Å². The Morgan fingerprint density at radius 3 is 2.93 bits per heavy atom. The molecule has 14 heavy (non-hydrogen) atoms.